The Kier molecular flexibility index (Phi) is 5.28. The smallest absolute Gasteiger partial charge is 0.304 e. The molecule has 0 aromatic heterocycles. The topological polar surface area (TPSA) is 101 Å². The van der Waals surface area contributed by atoms with Crippen LogP contribution in [-0.4, -0.2) is 24.4 Å². The molecule has 0 saturated heterocycles. The number of ketones is 1. The highest BCUT2D eigenvalue weighted by atomic mass is 32.2. The van der Waals surface area contributed by atoms with E-state index in [1.165, 1.54) is 31.2 Å². The predicted molar refractivity (Wildman–Crippen MR) is 95.9 cm³/mol. The van der Waals surface area contributed by atoms with Crippen LogP contribution in [0.3, 0.4) is 0 Å². The molecule has 0 aliphatic heterocycles. The van der Waals surface area contributed by atoms with Crippen LogP contribution >= 0.6 is 0 Å². The highest BCUT2D eigenvalue weighted by Crippen LogP contribution is 2.37. The number of aryl methyl sites for hydroxylation is 1. The van der Waals surface area contributed by atoms with Crippen molar-refractivity contribution in [1.82, 2.24) is 0 Å². The largest absolute Gasteiger partial charge is 0.506 e. The quantitative estimate of drug-likeness (QED) is 0.613. The molecule has 0 bridgehead atoms. The second-order valence-electron chi connectivity index (χ2n) is 7.05. The number of benzene rings is 2. The number of Topliss-reactive ketones (excluding diaryl/α,β-unsaturated/α-hetero) is 1. The van der Waals surface area contributed by atoms with Gasteiger partial charge in [-0.15, -0.1) is 0 Å². The van der Waals surface area contributed by atoms with E-state index >= 15 is 0 Å². The molecule has 6 nitrogen and oxygen atoms in total. The van der Waals surface area contributed by atoms with Crippen molar-refractivity contribution < 1.29 is 27.6 Å². The van der Waals surface area contributed by atoms with Gasteiger partial charge in [-0.25, -0.2) is 4.18 Å². The standard InChI is InChI=1S/C19H22O6S/c1-13-9-8-12-15(16(13)20)26(23,24)25-19(22,17(21)18(2,3)4)14-10-6-5-7-11-14/h5-12,20,22H,1-4H3. The summed E-state index contributed by atoms with van der Waals surface area (Å²) in [5, 5.41) is 21.1. The van der Waals surface area contributed by atoms with Crippen LogP contribution in [0.25, 0.3) is 0 Å². The third-order valence-corrected chi connectivity index (χ3v) is 5.18. The van der Waals surface area contributed by atoms with Gasteiger partial charge in [-0.3, -0.25) is 4.79 Å². The maximum atomic E-state index is 12.8. The number of phenols is 1. The van der Waals surface area contributed by atoms with E-state index in [-0.39, 0.29) is 5.56 Å². The molecule has 2 aromatic rings. The van der Waals surface area contributed by atoms with Crippen molar-refractivity contribution in [1.29, 1.82) is 0 Å². The molecule has 0 aliphatic carbocycles. The van der Waals surface area contributed by atoms with Gasteiger partial charge in [0.15, 0.2) is 0 Å². The van der Waals surface area contributed by atoms with Crippen molar-refractivity contribution in [3.8, 4) is 5.75 Å². The maximum absolute atomic E-state index is 12.8. The summed E-state index contributed by atoms with van der Waals surface area (Å²) in [6.45, 7) is 6.16. The highest BCUT2D eigenvalue weighted by molar-refractivity contribution is 7.87. The van der Waals surface area contributed by atoms with E-state index in [4.69, 9.17) is 4.18 Å². The SMILES string of the molecule is Cc1cccc(S(=O)(=O)OC(O)(C(=O)C(C)(C)C)c2ccccc2)c1O. The zero-order chi connectivity index (χ0) is 19.8. The van der Waals surface area contributed by atoms with E-state index in [1.54, 1.807) is 39.0 Å². The molecule has 0 saturated carbocycles. The third kappa shape index (κ3) is 3.80. The fourth-order valence-corrected chi connectivity index (χ4v) is 3.65. The maximum Gasteiger partial charge on any atom is 0.304 e. The molecule has 0 radical (unpaired) electrons. The van der Waals surface area contributed by atoms with E-state index in [9.17, 15) is 23.4 Å². The molecule has 0 amide bonds. The first kappa shape index (κ1) is 20.1. The van der Waals surface area contributed by atoms with E-state index in [2.05, 4.69) is 0 Å². The van der Waals surface area contributed by atoms with Gasteiger partial charge in [0.2, 0.25) is 5.78 Å². The van der Waals surface area contributed by atoms with Crippen LogP contribution in [0.1, 0.15) is 31.9 Å². The predicted octanol–water partition coefficient (Wildman–Crippen LogP) is 2.87. The van der Waals surface area contributed by atoms with Crippen LogP contribution in [0.4, 0.5) is 0 Å². The van der Waals surface area contributed by atoms with Crippen LogP contribution in [0.5, 0.6) is 5.75 Å². The highest BCUT2D eigenvalue weighted by Gasteiger charge is 2.49. The molecule has 2 N–H and O–H groups in total. The Morgan fingerprint density at radius 3 is 2.12 bits per heavy atom. The number of hydrogen-bond donors (Lipinski definition) is 2. The number of rotatable bonds is 5. The molecular formula is C19H22O6S. The summed E-state index contributed by atoms with van der Waals surface area (Å²) in [4.78, 5) is 12.3. The number of aromatic hydroxyl groups is 1. The number of carbonyl (C=O) groups excluding carboxylic acids is 1. The van der Waals surface area contributed by atoms with Crippen LogP contribution in [0.2, 0.25) is 0 Å². The minimum Gasteiger partial charge on any atom is -0.506 e. The van der Waals surface area contributed by atoms with Gasteiger partial charge < -0.3 is 10.2 Å². The van der Waals surface area contributed by atoms with E-state index in [0.29, 0.717) is 5.56 Å². The van der Waals surface area contributed by atoms with Gasteiger partial charge in [0.05, 0.1) is 0 Å². The average Bonchev–Trinajstić information content (AvgIpc) is 2.56. The van der Waals surface area contributed by atoms with Gasteiger partial charge >= 0.3 is 10.1 Å². The molecule has 1 atom stereocenters. The summed E-state index contributed by atoms with van der Waals surface area (Å²) >= 11 is 0. The van der Waals surface area contributed by atoms with E-state index in [0.717, 1.165) is 6.07 Å². The van der Waals surface area contributed by atoms with Crippen LogP contribution in [-0.2, 0) is 24.9 Å². The lowest BCUT2D eigenvalue weighted by Crippen LogP contribution is -2.46. The van der Waals surface area contributed by atoms with Crippen LogP contribution < -0.4 is 0 Å². The van der Waals surface area contributed by atoms with Crippen molar-refractivity contribution in [3.05, 3.63) is 59.7 Å². The number of carbonyl (C=O) groups is 1. The van der Waals surface area contributed by atoms with Gasteiger partial charge in [-0.2, -0.15) is 8.42 Å². The Bertz CT molecular complexity index is 913. The van der Waals surface area contributed by atoms with Crippen molar-refractivity contribution in [2.45, 2.75) is 38.4 Å². The van der Waals surface area contributed by atoms with E-state index in [1.807, 2.05) is 0 Å². The lowest BCUT2D eigenvalue weighted by Gasteiger charge is -2.32. The monoisotopic (exact) mass is 378 g/mol. The fourth-order valence-electron chi connectivity index (χ4n) is 2.43. The second kappa shape index (κ2) is 6.83. The number of aliphatic hydroxyl groups is 1. The van der Waals surface area contributed by atoms with Crippen LogP contribution in [0, 0.1) is 12.3 Å². The summed E-state index contributed by atoms with van der Waals surface area (Å²) in [6, 6.07) is 11.7. The first-order valence-corrected chi connectivity index (χ1v) is 9.37. The Morgan fingerprint density at radius 1 is 1.00 bits per heavy atom. The van der Waals surface area contributed by atoms with Gasteiger partial charge in [0.25, 0.3) is 5.79 Å². The molecule has 140 valence electrons. The summed E-state index contributed by atoms with van der Waals surface area (Å²) < 4.78 is 30.5. The Hall–Kier alpha value is -2.22. The summed E-state index contributed by atoms with van der Waals surface area (Å²) in [5.74, 6) is -4.05. The zero-order valence-electron chi connectivity index (χ0n) is 15.1. The molecule has 26 heavy (non-hydrogen) atoms. The molecule has 2 aromatic carbocycles. The first-order valence-electron chi connectivity index (χ1n) is 7.96. The lowest BCUT2D eigenvalue weighted by atomic mass is 9.83. The molecule has 2 rings (SSSR count). The van der Waals surface area contributed by atoms with Crippen LogP contribution in [0.15, 0.2) is 53.4 Å². The first-order chi connectivity index (χ1) is 11.9. The Morgan fingerprint density at radius 2 is 1.58 bits per heavy atom. The summed E-state index contributed by atoms with van der Waals surface area (Å²) in [7, 11) is -4.65. The lowest BCUT2D eigenvalue weighted by molar-refractivity contribution is -0.183. The number of para-hydroxylation sites is 1. The Balaban J connectivity index is 2.61. The van der Waals surface area contributed by atoms with Crippen molar-refractivity contribution in [2.24, 2.45) is 5.41 Å². The Labute approximate surface area is 153 Å². The average molecular weight is 378 g/mol. The molecule has 1 unspecified atom stereocenters. The van der Waals surface area contributed by atoms with Crippen molar-refractivity contribution >= 4 is 15.9 Å². The number of hydrogen-bond acceptors (Lipinski definition) is 6. The molecule has 0 fully saturated rings. The van der Waals surface area contributed by atoms with Crippen molar-refractivity contribution in [2.75, 3.05) is 0 Å². The van der Waals surface area contributed by atoms with Crippen molar-refractivity contribution in [3.63, 3.8) is 0 Å². The minimum absolute atomic E-state index is 0.0179. The molecule has 0 spiro atoms. The summed E-state index contributed by atoms with van der Waals surface area (Å²) in [6.07, 6.45) is 0. The van der Waals surface area contributed by atoms with Gasteiger partial charge in [-0.05, 0) is 18.6 Å². The summed E-state index contributed by atoms with van der Waals surface area (Å²) in [5.41, 5.74) is -0.787. The molecule has 0 aliphatic rings. The second-order valence-corrected chi connectivity index (χ2v) is 8.56. The normalized spacial score (nSPS) is 14.7. The molecule has 0 heterocycles. The zero-order valence-corrected chi connectivity index (χ0v) is 15.9. The van der Waals surface area contributed by atoms with Gasteiger partial charge in [-0.1, -0.05) is 63.2 Å². The molecule has 7 heteroatoms. The minimum atomic E-state index is -4.65. The molecular weight excluding hydrogens is 356 g/mol. The number of phenolic OH excluding ortho intramolecular Hbond substituents is 1. The van der Waals surface area contributed by atoms with E-state index < -0.39 is 37.7 Å². The third-order valence-electron chi connectivity index (χ3n) is 3.85. The van der Waals surface area contributed by atoms with Gasteiger partial charge in [0.1, 0.15) is 10.6 Å². The fraction of sp³-hybridized carbons (Fsp3) is 0.316. The van der Waals surface area contributed by atoms with Gasteiger partial charge in [0, 0.05) is 11.0 Å².